The van der Waals surface area contributed by atoms with E-state index in [1.54, 1.807) is 0 Å². The molecule has 0 saturated heterocycles. The van der Waals surface area contributed by atoms with E-state index in [4.69, 9.17) is 11.5 Å². The SMILES string of the molecule is CCc1ccc(C(N)CCC(N)=O)cc1CC. The number of aryl methyl sites for hydroxylation is 2. The molecule has 0 aromatic heterocycles. The maximum atomic E-state index is 10.7. The lowest BCUT2D eigenvalue weighted by molar-refractivity contribution is -0.118. The predicted molar refractivity (Wildman–Crippen MR) is 70.6 cm³/mol. The molecule has 1 aromatic carbocycles. The molecule has 1 unspecified atom stereocenters. The molecule has 3 heteroatoms. The summed E-state index contributed by atoms with van der Waals surface area (Å²) < 4.78 is 0. The number of primary amides is 1. The third kappa shape index (κ3) is 3.86. The van der Waals surface area contributed by atoms with Crippen molar-refractivity contribution in [2.75, 3.05) is 0 Å². The highest BCUT2D eigenvalue weighted by Gasteiger charge is 2.09. The van der Waals surface area contributed by atoms with Crippen LogP contribution in [0.4, 0.5) is 0 Å². The molecule has 0 spiro atoms. The molecule has 0 heterocycles. The second-order valence-corrected chi connectivity index (χ2v) is 4.35. The van der Waals surface area contributed by atoms with Crippen LogP contribution in [0.5, 0.6) is 0 Å². The van der Waals surface area contributed by atoms with Gasteiger partial charge >= 0.3 is 0 Å². The molecule has 1 amide bonds. The van der Waals surface area contributed by atoms with Crippen LogP contribution in [0.3, 0.4) is 0 Å². The zero-order chi connectivity index (χ0) is 12.8. The maximum absolute atomic E-state index is 10.7. The van der Waals surface area contributed by atoms with Crippen molar-refractivity contribution in [3.8, 4) is 0 Å². The van der Waals surface area contributed by atoms with Crippen molar-refractivity contribution in [2.45, 2.75) is 45.6 Å². The first-order valence-electron chi connectivity index (χ1n) is 6.24. The first-order chi connectivity index (χ1) is 8.08. The Morgan fingerprint density at radius 2 is 1.88 bits per heavy atom. The minimum atomic E-state index is -0.290. The Bertz CT molecular complexity index is 388. The second kappa shape index (κ2) is 6.40. The molecule has 0 radical (unpaired) electrons. The highest BCUT2D eigenvalue weighted by Crippen LogP contribution is 2.20. The van der Waals surface area contributed by atoms with Gasteiger partial charge in [-0.2, -0.15) is 0 Å². The van der Waals surface area contributed by atoms with E-state index in [1.165, 1.54) is 11.1 Å². The maximum Gasteiger partial charge on any atom is 0.217 e. The van der Waals surface area contributed by atoms with Crippen molar-refractivity contribution in [3.05, 3.63) is 34.9 Å². The van der Waals surface area contributed by atoms with E-state index < -0.39 is 0 Å². The van der Waals surface area contributed by atoms with Gasteiger partial charge in [0.25, 0.3) is 0 Å². The molecule has 1 atom stereocenters. The molecular weight excluding hydrogens is 212 g/mol. The van der Waals surface area contributed by atoms with Crippen LogP contribution in [0.25, 0.3) is 0 Å². The summed E-state index contributed by atoms with van der Waals surface area (Å²) in [6.45, 7) is 4.30. The molecule has 3 nitrogen and oxygen atoms in total. The fourth-order valence-corrected chi connectivity index (χ4v) is 2.01. The fourth-order valence-electron chi connectivity index (χ4n) is 2.01. The Balaban J connectivity index is 2.80. The summed E-state index contributed by atoms with van der Waals surface area (Å²) in [4.78, 5) is 10.7. The van der Waals surface area contributed by atoms with Crippen molar-refractivity contribution in [1.82, 2.24) is 0 Å². The number of hydrogen-bond donors (Lipinski definition) is 2. The zero-order valence-corrected chi connectivity index (χ0v) is 10.7. The van der Waals surface area contributed by atoms with E-state index in [1.807, 2.05) is 0 Å². The van der Waals surface area contributed by atoms with Crippen molar-refractivity contribution in [2.24, 2.45) is 11.5 Å². The Kier molecular flexibility index (Phi) is 5.16. The van der Waals surface area contributed by atoms with Gasteiger partial charge in [-0.15, -0.1) is 0 Å². The van der Waals surface area contributed by atoms with Crippen molar-refractivity contribution < 1.29 is 4.79 Å². The third-order valence-corrected chi connectivity index (χ3v) is 3.12. The van der Waals surface area contributed by atoms with Crippen molar-refractivity contribution >= 4 is 5.91 Å². The van der Waals surface area contributed by atoms with Crippen LogP contribution in [0.15, 0.2) is 18.2 Å². The van der Waals surface area contributed by atoms with Gasteiger partial charge in [-0.1, -0.05) is 32.0 Å². The lowest BCUT2D eigenvalue weighted by Crippen LogP contribution is -2.16. The van der Waals surface area contributed by atoms with Crippen LogP contribution in [0, 0.1) is 0 Å². The summed E-state index contributed by atoms with van der Waals surface area (Å²) >= 11 is 0. The molecule has 17 heavy (non-hydrogen) atoms. The van der Waals surface area contributed by atoms with E-state index in [9.17, 15) is 4.79 Å². The molecule has 0 aliphatic rings. The predicted octanol–water partition coefficient (Wildman–Crippen LogP) is 2.08. The van der Waals surface area contributed by atoms with E-state index in [-0.39, 0.29) is 11.9 Å². The number of rotatable bonds is 6. The van der Waals surface area contributed by atoms with Gasteiger partial charge in [0.2, 0.25) is 5.91 Å². The number of carbonyl (C=O) groups is 1. The first kappa shape index (κ1) is 13.7. The van der Waals surface area contributed by atoms with Gasteiger partial charge < -0.3 is 11.5 Å². The van der Waals surface area contributed by atoms with Gasteiger partial charge in [-0.05, 0) is 36.0 Å². The Labute approximate surface area is 103 Å². The number of benzene rings is 1. The largest absolute Gasteiger partial charge is 0.370 e. The molecule has 94 valence electrons. The molecule has 0 saturated carbocycles. The van der Waals surface area contributed by atoms with Crippen LogP contribution < -0.4 is 11.5 Å². The highest BCUT2D eigenvalue weighted by molar-refractivity contribution is 5.73. The van der Waals surface area contributed by atoms with Gasteiger partial charge in [0, 0.05) is 12.5 Å². The number of amides is 1. The summed E-state index contributed by atoms with van der Waals surface area (Å²) in [7, 11) is 0. The molecule has 0 fully saturated rings. The highest BCUT2D eigenvalue weighted by atomic mass is 16.1. The quantitative estimate of drug-likeness (QED) is 0.791. The topological polar surface area (TPSA) is 69.1 Å². The summed E-state index contributed by atoms with van der Waals surface area (Å²) in [5.41, 5.74) is 15.0. The normalized spacial score (nSPS) is 12.4. The average Bonchev–Trinajstić information content (AvgIpc) is 2.34. The van der Waals surface area contributed by atoms with Gasteiger partial charge in [0.1, 0.15) is 0 Å². The van der Waals surface area contributed by atoms with Gasteiger partial charge in [0.05, 0.1) is 0 Å². The summed E-state index contributed by atoms with van der Waals surface area (Å²) in [6.07, 6.45) is 3.02. The molecule has 0 aliphatic heterocycles. The fraction of sp³-hybridized carbons (Fsp3) is 0.500. The third-order valence-electron chi connectivity index (χ3n) is 3.12. The van der Waals surface area contributed by atoms with Crippen LogP contribution in [-0.2, 0) is 17.6 Å². The minimum absolute atomic E-state index is 0.0984. The van der Waals surface area contributed by atoms with Crippen LogP contribution >= 0.6 is 0 Å². The van der Waals surface area contributed by atoms with E-state index in [0.717, 1.165) is 18.4 Å². The van der Waals surface area contributed by atoms with Gasteiger partial charge in [-0.25, -0.2) is 0 Å². The Morgan fingerprint density at radius 3 is 2.41 bits per heavy atom. The standard InChI is InChI=1S/C14H22N2O/c1-3-10-5-6-12(9-11(10)4-2)13(15)7-8-14(16)17/h5-6,9,13H,3-4,7-8,15H2,1-2H3,(H2,16,17). The lowest BCUT2D eigenvalue weighted by atomic mass is 9.95. The number of nitrogens with two attached hydrogens (primary N) is 2. The second-order valence-electron chi connectivity index (χ2n) is 4.35. The van der Waals surface area contributed by atoms with E-state index in [2.05, 4.69) is 32.0 Å². The molecule has 4 N–H and O–H groups in total. The molecule has 1 rings (SSSR count). The number of carbonyl (C=O) groups excluding carboxylic acids is 1. The first-order valence-corrected chi connectivity index (χ1v) is 6.24. The van der Waals surface area contributed by atoms with Gasteiger partial charge in [-0.3, -0.25) is 4.79 Å². The molecular formula is C14H22N2O. The Morgan fingerprint density at radius 1 is 1.24 bits per heavy atom. The molecule has 1 aromatic rings. The number of hydrogen-bond acceptors (Lipinski definition) is 2. The summed E-state index contributed by atoms with van der Waals surface area (Å²) in [5.74, 6) is -0.290. The van der Waals surface area contributed by atoms with E-state index in [0.29, 0.717) is 12.8 Å². The van der Waals surface area contributed by atoms with E-state index >= 15 is 0 Å². The monoisotopic (exact) mass is 234 g/mol. The molecule has 0 aliphatic carbocycles. The summed E-state index contributed by atoms with van der Waals surface area (Å²) in [5, 5.41) is 0. The van der Waals surface area contributed by atoms with Crippen LogP contribution in [0.2, 0.25) is 0 Å². The smallest absolute Gasteiger partial charge is 0.217 e. The van der Waals surface area contributed by atoms with Crippen molar-refractivity contribution in [3.63, 3.8) is 0 Å². The Hall–Kier alpha value is -1.35. The lowest BCUT2D eigenvalue weighted by Gasteiger charge is -2.14. The minimum Gasteiger partial charge on any atom is -0.370 e. The average molecular weight is 234 g/mol. The van der Waals surface area contributed by atoms with Crippen LogP contribution in [0.1, 0.15) is 49.4 Å². The molecule has 0 bridgehead atoms. The van der Waals surface area contributed by atoms with Crippen molar-refractivity contribution in [1.29, 1.82) is 0 Å². The zero-order valence-electron chi connectivity index (χ0n) is 10.7. The van der Waals surface area contributed by atoms with Gasteiger partial charge in [0.15, 0.2) is 0 Å². The summed E-state index contributed by atoms with van der Waals surface area (Å²) in [6, 6.07) is 6.26. The van der Waals surface area contributed by atoms with Crippen LogP contribution in [-0.4, -0.2) is 5.91 Å².